The third-order valence-electron chi connectivity index (χ3n) is 6.02. The first-order valence-corrected chi connectivity index (χ1v) is 13.5. The molecule has 0 spiro atoms. The molecule has 3 aromatic rings. The lowest BCUT2D eigenvalue weighted by Gasteiger charge is -2.30. The summed E-state index contributed by atoms with van der Waals surface area (Å²) in [5.41, 5.74) is 0.631. The molecule has 1 aromatic heterocycles. The van der Waals surface area contributed by atoms with Gasteiger partial charge in [-0.15, -0.1) is 0 Å². The third-order valence-corrected chi connectivity index (χ3v) is 8.94. The molecule has 10 nitrogen and oxygen atoms in total. The number of hydrogen-bond donors (Lipinski definition) is 0. The van der Waals surface area contributed by atoms with Gasteiger partial charge in [-0.1, -0.05) is 29.5 Å². The quantitative estimate of drug-likeness (QED) is 0.428. The molecule has 4 rings (SSSR count). The molecule has 1 aliphatic heterocycles. The van der Waals surface area contributed by atoms with Gasteiger partial charge in [-0.05, 0) is 25.0 Å². The van der Waals surface area contributed by atoms with Crippen LogP contribution in [-0.2, 0) is 30.9 Å². The molecule has 1 amide bonds. The molecule has 192 valence electrons. The number of nitrogens with zero attached hydrogens (tertiary/aromatic N) is 3. The van der Waals surface area contributed by atoms with Gasteiger partial charge in [-0.2, -0.15) is 9.30 Å². The van der Waals surface area contributed by atoms with Crippen molar-refractivity contribution in [3.8, 4) is 11.5 Å². The van der Waals surface area contributed by atoms with E-state index in [1.165, 1.54) is 37.0 Å². The number of ether oxygens (including phenoxy) is 3. The summed E-state index contributed by atoms with van der Waals surface area (Å²) in [6.07, 6.45) is 1.06. The van der Waals surface area contributed by atoms with Crippen molar-refractivity contribution in [2.45, 2.75) is 24.3 Å². The average Bonchev–Trinajstić information content (AvgIpc) is 3.23. The summed E-state index contributed by atoms with van der Waals surface area (Å²) >= 11 is 1.22. The molecule has 0 radical (unpaired) electrons. The number of piperidine rings is 1. The second-order valence-corrected chi connectivity index (χ2v) is 11.1. The number of benzene rings is 2. The topological polar surface area (TPSA) is 116 Å². The summed E-state index contributed by atoms with van der Waals surface area (Å²) in [5, 5.41) is 0. The van der Waals surface area contributed by atoms with Gasteiger partial charge >= 0.3 is 5.97 Å². The molecule has 1 fully saturated rings. The Morgan fingerprint density at radius 1 is 1.08 bits per heavy atom. The highest BCUT2D eigenvalue weighted by Crippen LogP contribution is 2.33. The minimum absolute atomic E-state index is 0.0447. The van der Waals surface area contributed by atoms with Crippen LogP contribution in [0.4, 0.5) is 0 Å². The number of esters is 1. The highest BCUT2D eigenvalue weighted by Gasteiger charge is 2.33. The molecule has 1 saturated heterocycles. The van der Waals surface area contributed by atoms with Gasteiger partial charge in [0.1, 0.15) is 6.54 Å². The van der Waals surface area contributed by atoms with E-state index in [0.29, 0.717) is 41.2 Å². The SMILES string of the molecule is COC(=O)Cn1c(=NC(=O)C2CCCN(S(=O)(=O)c3ccccc3)C2)sc2cc(OC)c(OC)cc21. The largest absolute Gasteiger partial charge is 0.493 e. The number of carbonyl (C=O) groups excluding carboxylic acids is 2. The van der Waals surface area contributed by atoms with E-state index < -0.39 is 27.8 Å². The first-order chi connectivity index (χ1) is 17.3. The zero-order valence-corrected chi connectivity index (χ0v) is 21.8. The van der Waals surface area contributed by atoms with Crippen LogP contribution >= 0.6 is 11.3 Å². The number of thiazole rings is 1. The molecule has 2 heterocycles. The first-order valence-electron chi connectivity index (χ1n) is 11.2. The third kappa shape index (κ3) is 5.15. The lowest BCUT2D eigenvalue weighted by molar-refractivity contribution is -0.141. The van der Waals surface area contributed by atoms with Crippen LogP contribution in [0.15, 0.2) is 52.4 Å². The number of carbonyl (C=O) groups is 2. The maximum Gasteiger partial charge on any atom is 0.325 e. The summed E-state index contributed by atoms with van der Waals surface area (Å²) in [6, 6.07) is 11.6. The number of amides is 1. The molecule has 2 aromatic carbocycles. The van der Waals surface area contributed by atoms with Gasteiger partial charge in [0.05, 0.1) is 42.4 Å². The molecule has 1 aliphatic rings. The zero-order valence-electron chi connectivity index (χ0n) is 20.2. The van der Waals surface area contributed by atoms with Crippen molar-refractivity contribution in [1.29, 1.82) is 0 Å². The maximum absolute atomic E-state index is 13.2. The average molecular weight is 534 g/mol. The van der Waals surface area contributed by atoms with Crippen LogP contribution < -0.4 is 14.3 Å². The number of sulfonamides is 1. The Morgan fingerprint density at radius 2 is 1.78 bits per heavy atom. The van der Waals surface area contributed by atoms with Crippen molar-refractivity contribution in [3.05, 3.63) is 47.3 Å². The number of aromatic nitrogens is 1. The van der Waals surface area contributed by atoms with Crippen LogP contribution in [0.25, 0.3) is 10.2 Å². The summed E-state index contributed by atoms with van der Waals surface area (Å²) in [6.45, 7) is 0.228. The van der Waals surface area contributed by atoms with Gasteiger partial charge in [0.2, 0.25) is 10.0 Å². The second kappa shape index (κ2) is 10.8. The molecule has 0 aliphatic carbocycles. The van der Waals surface area contributed by atoms with Crippen molar-refractivity contribution >= 4 is 43.5 Å². The fourth-order valence-electron chi connectivity index (χ4n) is 4.12. The summed E-state index contributed by atoms with van der Waals surface area (Å²) in [5.74, 6) is -0.571. The minimum atomic E-state index is -3.72. The molecule has 0 bridgehead atoms. The van der Waals surface area contributed by atoms with Crippen LogP contribution in [0.2, 0.25) is 0 Å². The molecule has 0 saturated carbocycles. The van der Waals surface area contributed by atoms with Crippen LogP contribution in [0.1, 0.15) is 12.8 Å². The van der Waals surface area contributed by atoms with Gasteiger partial charge < -0.3 is 18.8 Å². The predicted octanol–water partition coefficient (Wildman–Crippen LogP) is 2.42. The number of rotatable bonds is 7. The molecule has 12 heteroatoms. The van der Waals surface area contributed by atoms with E-state index in [-0.39, 0.29) is 18.0 Å². The van der Waals surface area contributed by atoms with E-state index in [1.807, 2.05) is 0 Å². The van der Waals surface area contributed by atoms with Crippen LogP contribution in [0.3, 0.4) is 0 Å². The summed E-state index contributed by atoms with van der Waals surface area (Å²) < 4.78 is 45.4. The standard InChI is InChI=1S/C24H27N3O7S2/c1-32-19-12-18-21(13-20(19)33-2)35-24(27(18)15-22(28)34-3)25-23(29)16-8-7-11-26(14-16)36(30,31)17-9-5-4-6-10-17/h4-6,9-10,12-13,16H,7-8,11,14-15H2,1-3H3. The zero-order chi connectivity index (χ0) is 25.9. The van der Waals surface area contributed by atoms with Crippen molar-refractivity contribution in [2.75, 3.05) is 34.4 Å². The Kier molecular flexibility index (Phi) is 7.76. The number of methoxy groups -OCH3 is 3. The molecule has 0 N–H and O–H groups in total. The smallest absolute Gasteiger partial charge is 0.325 e. The van der Waals surface area contributed by atoms with Gasteiger partial charge in [0.25, 0.3) is 5.91 Å². The molecule has 1 unspecified atom stereocenters. The van der Waals surface area contributed by atoms with E-state index in [1.54, 1.807) is 47.0 Å². The minimum Gasteiger partial charge on any atom is -0.493 e. The number of hydrogen-bond acceptors (Lipinski definition) is 8. The first kappa shape index (κ1) is 25.9. The fraction of sp³-hybridized carbons (Fsp3) is 0.375. The van der Waals surface area contributed by atoms with E-state index in [9.17, 15) is 18.0 Å². The Balaban J connectivity index is 1.70. The fourth-order valence-corrected chi connectivity index (χ4v) is 6.71. The van der Waals surface area contributed by atoms with E-state index in [0.717, 1.165) is 4.70 Å². The molecule has 1 atom stereocenters. The van der Waals surface area contributed by atoms with Crippen LogP contribution in [0.5, 0.6) is 11.5 Å². The van der Waals surface area contributed by atoms with Crippen molar-refractivity contribution < 1.29 is 32.2 Å². The van der Waals surface area contributed by atoms with Crippen LogP contribution in [-0.4, -0.2) is 63.6 Å². The highest BCUT2D eigenvalue weighted by molar-refractivity contribution is 7.89. The van der Waals surface area contributed by atoms with Crippen LogP contribution in [0, 0.1) is 5.92 Å². The van der Waals surface area contributed by atoms with Gasteiger partial charge in [-0.3, -0.25) is 9.59 Å². The Bertz CT molecular complexity index is 1450. The Hall–Kier alpha value is -3.22. The van der Waals surface area contributed by atoms with E-state index >= 15 is 0 Å². The lowest BCUT2D eigenvalue weighted by Crippen LogP contribution is -2.42. The lowest BCUT2D eigenvalue weighted by atomic mass is 9.99. The van der Waals surface area contributed by atoms with Gasteiger partial charge in [-0.25, -0.2) is 8.42 Å². The molecular formula is C24H27N3O7S2. The molecule has 36 heavy (non-hydrogen) atoms. The predicted molar refractivity (Wildman–Crippen MR) is 133 cm³/mol. The normalized spacial score (nSPS) is 17.2. The van der Waals surface area contributed by atoms with Gasteiger partial charge in [0.15, 0.2) is 16.3 Å². The van der Waals surface area contributed by atoms with E-state index in [2.05, 4.69) is 4.99 Å². The summed E-state index contributed by atoms with van der Waals surface area (Å²) in [7, 11) is 0.596. The number of fused-ring (bicyclic) bond motifs is 1. The van der Waals surface area contributed by atoms with Crippen molar-refractivity contribution in [1.82, 2.24) is 8.87 Å². The Labute approximate surface area is 212 Å². The maximum atomic E-state index is 13.2. The second-order valence-electron chi connectivity index (χ2n) is 8.19. The summed E-state index contributed by atoms with van der Waals surface area (Å²) in [4.78, 5) is 30.2. The Morgan fingerprint density at radius 3 is 2.44 bits per heavy atom. The van der Waals surface area contributed by atoms with Crippen molar-refractivity contribution in [3.63, 3.8) is 0 Å². The van der Waals surface area contributed by atoms with E-state index in [4.69, 9.17) is 14.2 Å². The monoisotopic (exact) mass is 533 g/mol. The van der Waals surface area contributed by atoms with Crippen molar-refractivity contribution in [2.24, 2.45) is 10.9 Å². The van der Waals surface area contributed by atoms with Gasteiger partial charge in [0, 0.05) is 25.2 Å². The molecular weight excluding hydrogens is 506 g/mol. The highest BCUT2D eigenvalue weighted by atomic mass is 32.2.